The van der Waals surface area contributed by atoms with E-state index in [1.54, 1.807) is 11.3 Å². The number of nitrogens with one attached hydrogen (secondary N) is 1. The van der Waals surface area contributed by atoms with Crippen molar-refractivity contribution in [3.63, 3.8) is 0 Å². The summed E-state index contributed by atoms with van der Waals surface area (Å²) in [6.45, 7) is 3.57. The van der Waals surface area contributed by atoms with Crippen LogP contribution in [0, 0.1) is 0 Å². The summed E-state index contributed by atoms with van der Waals surface area (Å²) in [7, 11) is 0. The van der Waals surface area contributed by atoms with Crippen LogP contribution in [0.2, 0.25) is 0 Å². The zero-order valence-electron chi connectivity index (χ0n) is 10.3. The van der Waals surface area contributed by atoms with Gasteiger partial charge in [-0.05, 0) is 52.7 Å². The molecular formula is C14H17BrN2S. The van der Waals surface area contributed by atoms with Gasteiger partial charge in [-0.15, -0.1) is 11.8 Å². The maximum absolute atomic E-state index is 3.74. The Bertz CT molecular complexity index is 491. The van der Waals surface area contributed by atoms with Crippen LogP contribution in [0.5, 0.6) is 0 Å². The summed E-state index contributed by atoms with van der Waals surface area (Å²) >= 11 is 5.77. The Morgan fingerprint density at radius 2 is 2.33 bits per heavy atom. The Labute approximate surface area is 121 Å². The first-order chi connectivity index (χ1) is 8.86. The second kappa shape index (κ2) is 4.43. The van der Waals surface area contributed by atoms with Gasteiger partial charge in [0.15, 0.2) is 0 Å². The molecule has 3 aliphatic rings. The molecule has 4 heteroatoms. The highest BCUT2D eigenvalue weighted by Crippen LogP contribution is 2.51. The first-order valence-corrected chi connectivity index (χ1v) is 8.56. The zero-order chi connectivity index (χ0) is 12.1. The van der Waals surface area contributed by atoms with Gasteiger partial charge in [-0.1, -0.05) is 6.07 Å². The molecule has 1 fully saturated rings. The molecule has 2 atom stereocenters. The van der Waals surface area contributed by atoms with E-state index < -0.39 is 0 Å². The van der Waals surface area contributed by atoms with E-state index in [0.29, 0.717) is 5.92 Å². The molecular weight excluding hydrogens is 308 g/mol. The lowest BCUT2D eigenvalue weighted by Crippen LogP contribution is -2.44. The summed E-state index contributed by atoms with van der Waals surface area (Å²) in [4.78, 5) is 4.19. The van der Waals surface area contributed by atoms with Gasteiger partial charge in [0.05, 0.1) is 5.69 Å². The summed E-state index contributed by atoms with van der Waals surface area (Å²) in [6, 6.07) is 5.34. The number of halogens is 1. The minimum atomic E-state index is 0.708. The average Bonchev–Trinajstić information content (AvgIpc) is 2.57. The van der Waals surface area contributed by atoms with E-state index in [1.165, 1.54) is 41.1 Å². The molecule has 1 aromatic rings. The predicted octanol–water partition coefficient (Wildman–Crippen LogP) is 3.21. The summed E-state index contributed by atoms with van der Waals surface area (Å²) in [5, 5.41) is 3.57. The number of piperidine rings is 1. The molecule has 1 N–H and O–H groups in total. The summed E-state index contributed by atoms with van der Waals surface area (Å²) < 4.78 is 1.28. The molecule has 0 unspecified atom stereocenters. The normalized spacial score (nSPS) is 29.7. The van der Waals surface area contributed by atoms with E-state index in [4.69, 9.17) is 0 Å². The molecule has 0 amide bonds. The predicted molar refractivity (Wildman–Crippen MR) is 80.8 cm³/mol. The highest BCUT2D eigenvalue weighted by molar-refractivity contribution is 9.10. The first-order valence-electron chi connectivity index (χ1n) is 6.79. The second-order valence-corrected chi connectivity index (χ2v) is 7.34. The van der Waals surface area contributed by atoms with Gasteiger partial charge in [0, 0.05) is 34.4 Å². The Kier molecular flexibility index (Phi) is 2.86. The third-order valence-corrected chi connectivity index (χ3v) is 6.56. The molecule has 3 aliphatic heterocycles. The van der Waals surface area contributed by atoms with Gasteiger partial charge < -0.3 is 10.2 Å². The quantitative estimate of drug-likeness (QED) is 0.788. The maximum Gasteiger partial charge on any atom is 0.0555 e. The molecule has 0 radical (unpaired) electrons. The van der Waals surface area contributed by atoms with Crippen LogP contribution in [0.15, 0.2) is 21.5 Å². The van der Waals surface area contributed by atoms with Crippen molar-refractivity contribution >= 4 is 33.4 Å². The lowest BCUT2D eigenvalue weighted by Gasteiger charge is -2.33. The third kappa shape index (κ3) is 1.58. The summed E-state index contributed by atoms with van der Waals surface area (Å²) in [5.41, 5.74) is 3.13. The Morgan fingerprint density at radius 1 is 1.39 bits per heavy atom. The van der Waals surface area contributed by atoms with Gasteiger partial charge in [-0.2, -0.15) is 0 Å². The van der Waals surface area contributed by atoms with Crippen LogP contribution in [0.25, 0.3) is 0 Å². The van der Waals surface area contributed by atoms with E-state index in [9.17, 15) is 0 Å². The van der Waals surface area contributed by atoms with Gasteiger partial charge in [0.2, 0.25) is 0 Å². The van der Waals surface area contributed by atoms with Crippen molar-refractivity contribution in [2.45, 2.75) is 29.7 Å². The molecule has 0 bridgehead atoms. The average molecular weight is 325 g/mol. The van der Waals surface area contributed by atoms with Crippen LogP contribution in [-0.4, -0.2) is 31.4 Å². The third-order valence-electron chi connectivity index (χ3n) is 4.44. The smallest absolute Gasteiger partial charge is 0.0555 e. The fraction of sp³-hybridized carbons (Fsp3) is 0.571. The second-order valence-electron chi connectivity index (χ2n) is 5.38. The zero-order valence-corrected chi connectivity index (χ0v) is 12.7. The van der Waals surface area contributed by atoms with Crippen molar-refractivity contribution < 1.29 is 0 Å². The highest BCUT2D eigenvalue weighted by Gasteiger charge is 2.41. The number of anilines is 1. The highest BCUT2D eigenvalue weighted by atomic mass is 79.9. The molecule has 2 nitrogen and oxygen atoms in total. The number of thioether (sulfide) groups is 1. The van der Waals surface area contributed by atoms with Crippen molar-refractivity contribution in [2.75, 3.05) is 30.3 Å². The number of hydrogen-bond donors (Lipinski definition) is 1. The van der Waals surface area contributed by atoms with E-state index in [-0.39, 0.29) is 0 Å². The largest absolute Gasteiger partial charge is 0.367 e. The number of nitrogens with zero attached hydrogens (tertiary/aromatic N) is 1. The monoisotopic (exact) mass is 324 g/mol. The van der Waals surface area contributed by atoms with Gasteiger partial charge in [0.1, 0.15) is 0 Å². The van der Waals surface area contributed by atoms with Gasteiger partial charge in [-0.25, -0.2) is 0 Å². The van der Waals surface area contributed by atoms with Gasteiger partial charge in [-0.3, -0.25) is 0 Å². The molecule has 0 aromatic heterocycles. The molecule has 18 heavy (non-hydrogen) atoms. The standard InChI is InChI=1S/C14H17BrN2S/c15-11-3-2-9-10-8-16-5-4-12(10)17-6-1-7-18-14(11)13(9)17/h2-3,10,12,16H,1,4-8H2/t10-,12-/m0/s1. The Morgan fingerprint density at radius 3 is 3.28 bits per heavy atom. The van der Waals surface area contributed by atoms with Crippen LogP contribution in [0.1, 0.15) is 24.3 Å². The van der Waals surface area contributed by atoms with Gasteiger partial charge >= 0.3 is 0 Å². The van der Waals surface area contributed by atoms with Crippen molar-refractivity contribution in [1.82, 2.24) is 5.32 Å². The van der Waals surface area contributed by atoms with Crippen LogP contribution in [0.4, 0.5) is 5.69 Å². The van der Waals surface area contributed by atoms with E-state index in [2.05, 4.69) is 38.3 Å². The Balaban J connectivity index is 1.90. The first kappa shape index (κ1) is 11.6. The maximum atomic E-state index is 3.74. The van der Waals surface area contributed by atoms with Crippen LogP contribution >= 0.6 is 27.7 Å². The van der Waals surface area contributed by atoms with E-state index in [0.717, 1.165) is 12.6 Å². The molecule has 96 valence electrons. The van der Waals surface area contributed by atoms with Crippen molar-refractivity contribution in [2.24, 2.45) is 0 Å². The lowest BCUT2D eigenvalue weighted by atomic mass is 9.90. The summed E-state index contributed by atoms with van der Waals surface area (Å²) in [6.07, 6.45) is 2.60. The van der Waals surface area contributed by atoms with Crippen molar-refractivity contribution in [3.05, 3.63) is 22.2 Å². The number of benzene rings is 1. The topological polar surface area (TPSA) is 15.3 Å². The molecule has 1 aromatic carbocycles. The van der Waals surface area contributed by atoms with Crippen LogP contribution in [0.3, 0.4) is 0 Å². The minimum absolute atomic E-state index is 0.708. The van der Waals surface area contributed by atoms with Crippen LogP contribution in [-0.2, 0) is 0 Å². The van der Waals surface area contributed by atoms with Gasteiger partial charge in [0.25, 0.3) is 0 Å². The van der Waals surface area contributed by atoms with E-state index in [1.807, 2.05) is 11.8 Å². The molecule has 1 saturated heterocycles. The molecule has 0 aliphatic carbocycles. The van der Waals surface area contributed by atoms with E-state index >= 15 is 0 Å². The SMILES string of the molecule is Brc1ccc2c3c1SCCCN3[C@H]1CCNC[C@@H]21. The fourth-order valence-corrected chi connectivity index (χ4v) is 5.40. The van der Waals surface area contributed by atoms with Crippen LogP contribution < -0.4 is 10.2 Å². The lowest BCUT2D eigenvalue weighted by molar-refractivity contribution is 0.403. The molecule has 0 spiro atoms. The fourth-order valence-electron chi connectivity index (χ4n) is 3.68. The molecule has 3 heterocycles. The number of fused-ring (bicyclic) bond motifs is 3. The minimum Gasteiger partial charge on any atom is -0.367 e. The molecule has 0 saturated carbocycles. The van der Waals surface area contributed by atoms with Crippen molar-refractivity contribution in [3.8, 4) is 0 Å². The summed E-state index contributed by atoms with van der Waals surface area (Å²) in [5.74, 6) is 1.96. The number of hydrogen-bond acceptors (Lipinski definition) is 3. The molecule has 4 rings (SSSR count). The Hall–Kier alpha value is -0.190. The number of rotatable bonds is 0. The van der Waals surface area contributed by atoms with Crippen molar-refractivity contribution in [1.29, 1.82) is 0 Å².